The van der Waals surface area contributed by atoms with Gasteiger partial charge in [0, 0.05) is 5.92 Å². The topological polar surface area (TPSA) is 63.8 Å². The largest absolute Gasteiger partial charge is 0.388 e. The molecular formula is C8H16N4O. The molecule has 5 nitrogen and oxygen atoms in total. The van der Waals surface area contributed by atoms with Crippen molar-refractivity contribution in [2.75, 3.05) is 0 Å². The first kappa shape index (κ1) is 10.1. The van der Waals surface area contributed by atoms with Crippen LogP contribution in [0, 0.1) is 0 Å². The molecule has 0 unspecified atom stereocenters. The zero-order chi connectivity index (χ0) is 10.1. The van der Waals surface area contributed by atoms with Gasteiger partial charge in [-0.2, -0.15) is 4.80 Å². The Hall–Kier alpha value is -0.970. The van der Waals surface area contributed by atoms with Crippen molar-refractivity contribution in [3.8, 4) is 0 Å². The quantitative estimate of drug-likeness (QED) is 0.745. The minimum absolute atomic E-state index is 0.274. The van der Waals surface area contributed by atoms with Crippen LogP contribution in [0.25, 0.3) is 0 Å². The molecule has 0 saturated carbocycles. The molecule has 0 spiro atoms. The summed E-state index contributed by atoms with van der Waals surface area (Å²) in [5.41, 5.74) is -0.797. The molecule has 0 bridgehead atoms. The second-order valence-corrected chi connectivity index (χ2v) is 4.15. The average Bonchev–Trinajstić information content (AvgIpc) is 2.31. The Labute approximate surface area is 77.8 Å². The minimum Gasteiger partial charge on any atom is -0.388 e. The summed E-state index contributed by atoms with van der Waals surface area (Å²) in [5, 5.41) is 21.3. The van der Waals surface area contributed by atoms with E-state index in [2.05, 4.69) is 15.4 Å². The summed E-state index contributed by atoms with van der Waals surface area (Å²) >= 11 is 0. The fourth-order valence-electron chi connectivity index (χ4n) is 0.900. The van der Waals surface area contributed by atoms with E-state index in [9.17, 15) is 5.11 Å². The normalized spacial score (nSPS) is 12.5. The lowest BCUT2D eigenvalue weighted by Gasteiger charge is -2.14. The van der Waals surface area contributed by atoms with Crippen molar-refractivity contribution < 1.29 is 5.11 Å². The van der Waals surface area contributed by atoms with E-state index in [0.29, 0.717) is 12.4 Å². The van der Waals surface area contributed by atoms with Gasteiger partial charge in [-0.1, -0.05) is 13.8 Å². The Balaban J connectivity index is 2.70. The maximum atomic E-state index is 9.49. The highest BCUT2D eigenvalue weighted by atomic mass is 16.3. The van der Waals surface area contributed by atoms with Gasteiger partial charge in [0.15, 0.2) is 5.82 Å². The second kappa shape index (κ2) is 3.41. The highest BCUT2D eigenvalue weighted by molar-refractivity contribution is 4.84. The number of nitrogens with zero attached hydrogens (tertiary/aromatic N) is 4. The van der Waals surface area contributed by atoms with Gasteiger partial charge in [0.25, 0.3) is 0 Å². The fraction of sp³-hybridized carbons (Fsp3) is 0.875. The van der Waals surface area contributed by atoms with Crippen molar-refractivity contribution in [1.29, 1.82) is 0 Å². The first-order valence-electron chi connectivity index (χ1n) is 4.38. The summed E-state index contributed by atoms with van der Waals surface area (Å²) in [7, 11) is 0. The summed E-state index contributed by atoms with van der Waals surface area (Å²) < 4.78 is 0. The van der Waals surface area contributed by atoms with Crippen molar-refractivity contribution in [3.63, 3.8) is 0 Å². The third kappa shape index (κ3) is 3.10. The van der Waals surface area contributed by atoms with E-state index in [0.717, 1.165) is 0 Å². The lowest BCUT2D eigenvalue weighted by molar-refractivity contribution is 0.0525. The summed E-state index contributed by atoms with van der Waals surface area (Å²) in [6.45, 7) is 7.81. The van der Waals surface area contributed by atoms with Crippen molar-refractivity contribution >= 4 is 0 Å². The number of hydrogen-bond donors (Lipinski definition) is 1. The fourth-order valence-corrected chi connectivity index (χ4v) is 0.900. The van der Waals surface area contributed by atoms with E-state index >= 15 is 0 Å². The third-order valence-electron chi connectivity index (χ3n) is 1.51. The van der Waals surface area contributed by atoms with Crippen molar-refractivity contribution in [2.45, 2.75) is 45.8 Å². The van der Waals surface area contributed by atoms with E-state index in [4.69, 9.17) is 0 Å². The molecule has 0 aliphatic carbocycles. The average molecular weight is 184 g/mol. The Morgan fingerprint density at radius 2 is 2.08 bits per heavy atom. The highest BCUT2D eigenvalue weighted by Gasteiger charge is 2.16. The van der Waals surface area contributed by atoms with Crippen LogP contribution in [0.1, 0.15) is 39.4 Å². The van der Waals surface area contributed by atoms with Gasteiger partial charge in [0.05, 0.1) is 12.1 Å². The molecule has 0 aliphatic rings. The maximum absolute atomic E-state index is 9.49. The van der Waals surface area contributed by atoms with Gasteiger partial charge in [-0.25, -0.2) is 0 Å². The van der Waals surface area contributed by atoms with Gasteiger partial charge in [-0.05, 0) is 19.1 Å². The number of aromatic nitrogens is 4. The predicted octanol–water partition coefficient (Wildman–Crippen LogP) is 0.567. The summed E-state index contributed by atoms with van der Waals surface area (Å²) in [4.78, 5) is 1.43. The predicted molar refractivity (Wildman–Crippen MR) is 48.2 cm³/mol. The highest BCUT2D eigenvalue weighted by Crippen LogP contribution is 2.07. The molecule has 1 aromatic rings. The van der Waals surface area contributed by atoms with Gasteiger partial charge in [0.1, 0.15) is 0 Å². The van der Waals surface area contributed by atoms with Crippen LogP contribution in [0.3, 0.4) is 0 Å². The smallest absolute Gasteiger partial charge is 0.177 e. The first-order chi connectivity index (χ1) is 5.88. The number of rotatable bonds is 3. The molecule has 0 atom stereocenters. The molecule has 0 saturated heterocycles. The number of aliphatic hydroxyl groups is 1. The Morgan fingerprint density at radius 1 is 1.46 bits per heavy atom. The summed E-state index contributed by atoms with van der Waals surface area (Å²) in [6, 6.07) is 0. The second-order valence-electron chi connectivity index (χ2n) is 4.15. The molecule has 1 heterocycles. The maximum Gasteiger partial charge on any atom is 0.177 e. The Morgan fingerprint density at radius 3 is 2.46 bits per heavy atom. The van der Waals surface area contributed by atoms with Crippen LogP contribution >= 0.6 is 0 Å². The molecule has 5 heteroatoms. The van der Waals surface area contributed by atoms with Crippen LogP contribution in [0.2, 0.25) is 0 Å². The molecule has 1 aromatic heterocycles. The monoisotopic (exact) mass is 184 g/mol. The van der Waals surface area contributed by atoms with Crippen LogP contribution in [0.5, 0.6) is 0 Å². The molecular weight excluding hydrogens is 168 g/mol. The van der Waals surface area contributed by atoms with Crippen LogP contribution in [-0.2, 0) is 6.54 Å². The van der Waals surface area contributed by atoms with Gasteiger partial charge in [-0.15, -0.1) is 10.2 Å². The molecule has 0 aromatic carbocycles. The summed E-state index contributed by atoms with van der Waals surface area (Å²) in [5.74, 6) is 0.986. The molecule has 0 amide bonds. The van der Waals surface area contributed by atoms with Crippen LogP contribution in [0.15, 0.2) is 0 Å². The Kier molecular flexibility index (Phi) is 2.66. The standard InChI is InChI=1S/C8H16N4O/c1-6(2)7-9-11-12(10-7)5-8(3,4)13/h6,13H,5H2,1-4H3. The van der Waals surface area contributed by atoms with Crippen molar-refractivity contribution in [3.05, 3.63) is 5.82 Å². The van der Waals surface area contributed by atoms with Gasteiger partial charge in [0.2, 0.25) is 0 Å². The molecule has 0 fully saturated rings. The van der Waals surface area contributed by atoms with E-state index in [1.165, 1.54) is 4.80 Å². The molecule has 0 aliphatic heterocycles. The molecule has 0 radical (unpaired) electrons. The van der Waals surface area contributed by atoms with E-state index in [1.54, 1.807) is 13.8 Å². The van der Waals surface area contributed by atoms with E-state index in [-0.39, 0.29) is 5.92 Å². The van der Waals surface area contributed by atoms with Gasteiger partial charge < -0.3 is 5.11 Å². The number of tetrazole rings is 1. The van der Waals surface area contributed by atoms with Crippen LogP contribution < -0.4 is 0 Å². The minimum atomic E-state index is -0.797. The number of hydrogen-bond acceptors (Lipinski definition) is 4. The Bertz CT molecular complexity index is 274. The van der Waals surface area contributed by atoms with E-state index in [1.807, 2.05) is 13.8 Å². The third-order valence-corrected chi connectivity index (χ3v) is 1.51. The van der Waals surface area contributed by atoms with Gasteiger partial charge >= 0.3 is 0 Å². The molecule has 13 heavy (non-hydrogen) atoms. The molecule has 1 N–H and O–H groups in total. The van der Waals surface area contributed by atoms with Crippen LogP contribution in [0.4, 0.5) is 0 Å². The SMILES string of the molecule is CC(C)c1nnn(CC(C)(C)O)n1. The van der Waals surface area contributed by atoms with Crippen molar-refractivity contribution in [2.24, 2.45) is 0 Å². The van der Waals surface area contributed by atoms with Crippen molar-refractivity contribution in [1.82, 2.24) is 20.2 Å². The van der Waals surface area contributed by atoms with E-state index < -0.39 is 5.60 Å². The zero-order valence-electron chi connectivity index (χ0n) is 8.52. The zero-order valence-corrected chi connectivity index (χ0v) is 8.52. The van der Waals surface area contributed by atoms with Gasteiger partial charge in [-0.3, -0.25) is 0 Å². The first-order valence-corrected chi connectivity index (χ1v) is 4.38. The lowest BCUT2D eigenvalue weighted by atomic mass is 10.1. The summed E-state index contributed by atoms with van der Waals surface area (Å²) in [6.07, 6.45) is 0. The molecule has 1 rings (SSSR count). The lowest BCUT2D eigenvalue weighted by Crippen LogP contribution is -2.27. The van der Waals surface area contributed by atoms with Crippen LogP contribution in [-0.4, -0.2) is 30.9 Å². The molecule has 74 valence electrons.